The van der Waals surface area contributed by atoms with E-state index in [-0.39, 0.29) is 40.8 Å². The SMILES string of the molecule is COc1cc(/C=C/C(=O)CC(=O)/C=C/c2ccc(O)c(OC)c2)ccc1O.O=C1C=C(O)C(=O)c2ccccc21. The summed E-state index contributed by atoms with van der Waals surface area (Å²) in [6, 6.07) is 15.8. The van der Waals surface area contributed by atoms with Crippen molar-refractivity contribution < 1.29 is 44.0 Å². The maximum atomic E-state index is 11.9. The average Bonchev–Trinajstić information content (AvgIpc) is 2.95. The van der Waals surface area contributed by atoms with Crippen LogP contribution in [0.1, 0.15) is 38.3 Å². The average molecular weight is 543 g/mol. The number of Topliss-reactive ketones (excluding diaryl/α,β-unsaturated/α-hetero) is 1. The summed E-state index contributed by atoms with van der Waals surface area (Å²) < 4.78 is 10.00. The summed E-state index contributed by atoms with van der Waals surface area (Å²) in [5.74, 6) is -1.38. The van der Waals surface area contributed by atoms with E-state index in [1.807, 2.05) is 0 Å². The molecular formula is C31H26O9. The van der Waals surface area contributed by atoms with E-state index in [2.05, 4.69) is 0 Å². The van der Waals surface area contributed by atoms with E-state index in [0.29, 0.717) is 28.2 Å². The molecule has 40 heavy (non-hydrogen) atoms. The van der Waals surface area contributed by atoms with Crippen molar-refractivity contribution in [3.05, 3.63) is 107 Å². The van der Waals surface area contributed by atoms with Gasteiger partial charge in [-0.05, 0) is 47.5 Å². The molecule has 0 saturated heterocycles. The van der Waals surface area contributed by atoms with Gasteiger partial charge in [-0.1, -0.05) is 48.6 Å². The number of aromatic hydroxyl groups is 2. The molecule has 0 bridgehead atoms. The second kappa shape index (κ2) is 13.4. The fraction of sp³-hybridized carbons (Fsp3) is 0.0968. The number of phenolic OH excluding ortho intramolecular Hbond substituents is 2. The van der Waals surface area contributed by atoms with Crippen LogP contribution in [0.2, 0.25) is 0 Å². The van der Waals surface area contributed by atoms with Crippen molar-refractivity contribution in [3.63, 3.8) is 0 Å². The second-order valence-electron chi connectivity index (χ2n) is 8.41. The number of fused-ring (bicyclic) bond motifs is 1. The molecule has 0 spiro atoms. The summed E-state index contributed by atoms with van der Waals surface area (Å²) >= 11 is 0. The minimum absolute atomic E-state index is 0.00662. The highest BCUT2D eigenvalue weighted by atomic mass is 16.5. The first-order valence-corrected chi connectivity index (χ1v) is 11.9. The maximum Gasteiger partial charge on any atom is 0.228 e. The van der Waals surface area contributed by atoms with E-state index in [9.17, 15) is 29.4 Å². The first-order valence-electron chi connectivity index (χ1n) is 11.9. The van der Waals surface area contributed by atoms with Gasteiger partial charge in [0.05, 0.1) is 20.6 Å². The van der Waals surface area contributed by atoms with Gasteiger partial charge >= 0.3 is 0 Å². The third kappa shape index (κ3) is 7.55. The van der Waals surface area contributed by atoms with Crippen LogP contribution in [0.15, 0.2) is 84.7 Å². The number of allylic oxidation sites excluding steroid dienone is 4. The molecule has 0 radical (unpaired) electrons. The van der Waals surface area contributed by atoms with Crippen LogP contribution in [-0.4, -0.2) is 52.7 Å². The standard InChI is InChI=1S/C21H20O6.C10H6O3/c1-26-20-11-14(5-9-18(20)24)3-7-16(22)13-17(23)8-4-15-6-10-19(25)21(12-15)27-2;11-8-5-9(12)10(13)7-4-2-1-3-6(7)8/h3-12,24-25H,13H2,1-2H3;1-5,12H/b7-3+,8-4+;. The first kappa shape index (κ1) is 29.1. The molecular weight excluding hydrogens is 516 g/mol. The van der Waals surface area contributed by atoms with Crippen LogP contribution in [0.5, 0.6) is 23.0 Å². The minimum atomic E-state index is -0.491. The highest BCUT2D eigenvalue weighted by molar-refractivity contribution is 6.23. The zero-order valence-corrected chi connectivity index (χ0v) is 21.7. The number of hydrogen-bond donors (Lipinski definition) is 3. The molecule has 204 valence electrons. The Bertz CT molecular complexity index is 1470. The van der Waals surface area contributed by atoms with Crippen LogP contribution in [0.3, 0.4) is 0 Å². The van der Waals surface area contributed by atoms with Crippen molar-refractivity contribution >= 4 is 35.3 Å². The fourth-order valence-electron chi connectivity index (χ4n) is 3.57. The van der Waals surface area contributed by atoms with E-state index < -0.39 is 11.5 Å². The van der Waals surface area contributed by atoms with Crippen molar-refractivity contribution in [3.8, 4) is 23.0 Å². The number of ketones is 4. The Labute approximate surface area is 229 Å². The Balaban J connectivity index is 0.000000281. The molecule has 9 heteroatoms. The Morgan fingerprint density at radius 3 is 1.68 bits per heavy atom. The van der Waals surface area contributed by atoms with E-state index in [1.165, 1.54) is 44.6 Å². The molecule has 4 rings (SSSR count). The fourth-order valence-corrected chi connectivity index (χ4v) is 3.57. The van der Waals surface area contributed by atoms with Crippen LogP contribution in [0.4, 0.5) is 0 Å². The van der Waals surface area contributed by atoms with Crippen molar-refractivity contribution in [2.75, 3.05) is 14.2 Å². The molecule has 0 heterocycles. The van der Waals surface area contributed by atoms with Crippen LogP contribution in [-0.2, 0) is 9.59 Å². The number of phenols is 2. The van der Waals surface area contributed by atoms with Gasteiger partial charge < -0.3 is 24.8 Å². The number of ether oxygens (including phenoxy) is 2. The summed E-state index contributed by atoms with van der Waals surface area (Å²) in [6.07, 6.45) is 6.39. The first-order chi connectivity index (χ1) is 19.1. The lowest BCUT2D eigenvalue weighted by molar-refractivity contribution is -0.121. The molecule has 1 aliphatic rings. The summed E-state index contributed by atoms with van der Waals surface area (Å²) in [7, 11) is 2.87. The number of hydrogen-bond acceptors (Lipinski definition) is 9. The molecule has 0 amide bonds. The number of rotatable bonds is 8. The van der Waals surface area contributed by atoms with Gasteiger partial charge in [0.15, 0.2) is 46.1 Å². The van der Waals surface area contributed by atoms with Crippen molar-refractivity contribution in [2.24, 2.45) is 0 Å². The van der Waals surface area contributed by atoms with Crippen LogP contribution < -0.4 is 9.47 Å². The van der Waals surface area contributed by atoms with Gasteiger partial charge in [-0.15, -0.1) is 0 Å². The molecule has 0 saturated carbocycles. The molecule has 3 aromatic carbocycles. The summed E-state index contributed by atoms with van der Waals surface area (Å²) in [6.45, 7) is 0. The van der Waals surface area contributed by atoms with Crippen molar-refractivity contribution in [1.29, 1.82) is 0 Å². The van der Waals surface area contributed by atoms with E-state index in [1.54, 1.807) is 54.6 Å². The zero-order valence-electron chi connectivity index (χ0n) is 21.7. The molecule has 0 aromatic heterocycles. The summed E-state index contributed by atoms with van der Waals surface area (Å²) in [5.41, 5.74) is 1.95. The third-order valence-electron chi connectivity index (χ3n) is 5.62. The van der Waals surface area contributed by atoms with Gasteiger partial charge in [0.1, 0.15) is 0 Å². The van der Waals surface area contributed by atoms with E-state index >= 15 is 0 Å². The number of methoxy groups -OCH3 is 2. The molecule has 3 N–H and O–H groups in total. The highest BCUT2D eigenvalue weighted by Crippen LogP contribution is 2.27. The topological polar surface area (TPSA) is 147 Å². The highest BCUT2D eigenvalue weighted by Gasteiger charge is 2.24. The van der Waals surface area contributed by atoms with Crippen LogP contribution in [0, 0.1) is 0 Å². The molecule has 9 nitrogen and oxygen atoms in total. The van der Waals surface area contributed by atoms with Gasteiger partial charge in [-0.25, -0.2) is 0 Å². The zero-order chi connectivity index (χ0) is 29.2. The molecule has 0 aliphatic heterocycles. The molecule has 1 aliphatic carbocycles. The smallest absolute Gasteiger partial charge is 0.228 e. The number of carbonyl (C=O) groups excluding carboxylic acids is 4. The number of aliphatic hydroxyl groups is 1. The lowest BCUT2D eigenvalue weighted by Crippen LogP contribution is -2.16. The molecule has 0 fully saturated rings. The minimum Gasteiger partial charge on any atom is -0.504 e. The molecule has 0 atom stereocenters. The maximum absolute atomic E-state index is 11.9. The Hall–Kier alpha value is -5.44. The number of benzene rings is 3. The number of carbonyl (C=O) groups is 4. The van der Waals surface area contributed by atoms with Gasteiger partial charge in [0, 0.05) is 17.2 Å². The largest absolute Gasteiger partial charge is 0.504 e. The monoisotopic (exact) mass is 542 g/mol. The lowest BCUT2D eigenvalue weighted by atomic mass is 9.94. The van der Waals surface area contributed by atoms with Crippen molar-refractivity contribution in [1.82, 2.24) is 0 Å². The van der Waals surface area contributed by atoms with Gasteiger partial charge in [0.2, 0.25) is 5.78 Å². The van der Waals surface area contributed by atoms with Crippen molar-refractivity contribution in [2.45, 2.75) is 6.42 Å². The quantitative estimate of drug-likeness (QED) is 0.268. The van der Waals surface area contributed by atoms with Crippen LogP contribution >= 0.6 is 0 Å². The summed E-state index contributed by atoms with van der Waals surface area (Å²) in [4.78, 5) is 46.4. The normalized spacial score (nSPS) is 12.4. The molecule has 3 aromatic rings. The van der Waals surface area contributed by atoms with E-state index in [0.717, 1.165) is 6.08 Å². The van der Waals surface area contributed by atoms with Gasteiger partial charge in [0.25, 0.3) is 0 Å². The second-order valence-corrected chi connectivity index (χ2v) is 8.41. The lowest BCUT2D eigenvalue weighted by Gasteiger charge is -2.09. The Morgan fingerprint density at radius 1 is 0.725 bits per heavy atom. The van der Waals surface area contributed by atoms with Gasteiger partial charge in [-0.2, -0.15) is 0 Å². The number of aliphatic hydroxyl groups excluding tert-OH is 1. The third-order valence-corrected chi connectivity index (χ3v) is 5.62. The summed E-state index contributed by atoms with van der Waals surface area (Å²) in [5, 5.41) is 28.2. The predicted molar refractivity (Wildman–Crippen MR) is 148 cm³/mol. The molecule has 0 unspecified atom stereocenters. The van der Waals surface area contributed by atoms with Crippen LogP contribution in [0.25, 0.3) is 12.2 Å². The van der Waals surface area contributed by atoms with Gasteiger partial charge in [-0.3, -0.25) is 19.2 Å². The predicted octanol–water partition coefficient (Wildman–Crippen LogP) is 4.88. The Morgan fingerprint density at radius 2 is 1.20 bits per heavy atom. The van der Waals surface area contributed by atoms with E-state index in [4.69, 9.17) is 14.6 Å². The Kier molecular flexibility index (Phi) is 9.74.